The molecule has 3 heteroatoms. The summed E-state index contributed by atoms with van der Waals surface area (Å²) >= 11 is 0. The van der Waals surface area contributed by atoms with Crippen LogP contribution in [0.25, 0.3) is 0 Å². The summed E-state index contributed by atoms with van der Waals surface area (Å²) in [5.74, 6) is 0.630. The highest BCUT2D eigenvalue weighted by Crippen LogP contribution is 2.20. The van der Waals surface area contributed by atoms with E-state index in [1.54, 1.807) is 24.3 Å². The number of carbonyl (C=O) groups is 3. The summed E-state index contributed by atoms with van der Waals surface area (Å²) in [4.78, 5) is 32.8. The Labute approximate surface area is 120 Å². The molecule has 2 aliphatic rings. The number of Topliss-reactive ketones (excluding diaryl/α,β-unsaturated/α-hetero) is 3. The summed E-state index contributed by atoms with van der Waals surface area (Å²) in [6, 6.07) is 7.01. The quantitative estimate of drug-likeness (QED) is 0.718. The van der Waals surface area contributed by atoms with Crippen LogP contribution in [0.5, 0.6) is 0 Å². The molecule has 20 heavy (non-hydrogen) atoms. The molecule has 1 aromatic carbocycles. The van der Waals surface area contributed by atoms with Gasteiger partial charge in [-0.1, -0.05) is 38.1 Å². The van der Waals surface area contributed by atoms with Gasteiger partial charge in [0.25, 0.3) is 0 Å². The fraction of sp³-hybridized carbons (Fsp3) is 0.471. The first-order valence-corrected chi connectivity index (χ1v) is 7.35. The van der Waals surface area contributed by atoms with Crippen LogP contribution < -0.4 is 0 Å². The van der Waals surface area contributed by atoms with Crippen LogP contribution in [0, 0.1) is 0 Å². The van der Waals surface area contributed by atoms with Crippen molar-refractivity contribution in [2.45, 2.75) is 52.4 Å². The van der Waals surface area contributed by atoms with Gasteiger partial charge in [-0.05, 0) is 12.8 Å². The Morgan fingerprint density at radius 3 is 1.40 bits per heavy atom. The largest absolute Gasteiger partial charge is 0.300 e. The Hall–Kier alpha value is -1.77. The van der Waals surface area contributed by atoms with Crippen molar-refractivity contribution in [3.63, 3.8) is 0 Å². The first-order valence-electron chi connectivity index (χ1n) is 7.35. The van der Waals surface area contributed by atoms with Gasteiger partial charge in [0, 0.05) is 36.8 Å². The van der Waals surface area contributed by atoms with Gasteiger partial charge in [0.05, 0.1) is 0 Å². The van der Waals surface area contributed by atoms with Crippen molar-refractivity contribution in [2.24, 2.45) is 0 Å². The number of rotatable bonds is 0. The smallest absolute Gasteiger partial charge is 0.164 e. The van der Waals surface area contributed by atoms with E-state index >= 15 is 0 Å². The van der Waals surface area contributed by atoms with Crippen molar-refractivity contribution in [1.29, 1.82) is 0 Å². The van der Waals surface area contributed by atoms with Crippen LogP contribution >= 0.6 is 0 Å². The molecule has 0 bridgehead atoms. The Morgan fingerprint density at radius 2 is 1.10 bits per heavy atom. The summed E-state index contributed by atoms with van der Waals surface area (Å²) < 4.78 is 0. The normalized spacial score (nSPS) is 16.6. The Kier molecular flexibility index (Phi) is 6.85. The van der Waals surface area contributed by atoms with E-state index in [-0.39, 0.29) is 11.6 Å². The average molecular weight is 274 g/mol. The molecule has 3 nitrogen and oxygen atoms in total. The highest BCUT2D eigenvalue weighted by atomic mass is 16.1. The Morgan fingerprint density at radius 1 is 0.700 bits per heavy atom. The zero-order valence-electron chi connectivity index (χ0n) is 12.3. The van der Waals surface area contributed by atoms with Crippen molar-refractivity contribution in [3.05, 3.63) is 35.4 Å². The average Bonchev–Trinajstić information content (AvgIpc) is 2.97. The minimum atomic E-state index is 0.0881. The first kappa shape index (κ1) is 16.3. The van der Waals surface area contributed by atoms with Crippen molar-refractivity contribution in [2.75, 3.05) is 0 Å². The third-order valence-electron chi connectivity index (χ3n) is 3.27. The predicted molar refractivity (Wildman–Crippen MR) is 79.2 cm³/mol. The van der Waals surface area contributed by atoms with E-state index in [9.17, 15) is 14.4 Å². The minimum absolute atomic E-state index is 0.0881. The third kappa shape index (κ3) is 4.41. The van der Waals surface area contributed by atoms with Crippen LogP contribution in [-0.2, 0) is 4.79 Å². The van der Waals surface area contributed by atoms with Crippen LogP contribution in [0.1, 0.15) is 73.1 Å². The molecule has 0 aliphatic heterocycles. The van der Waals surface area contributed by atoms with Crippen molar-refractivity contribution >= 4 is 17.3 Å². The second-order valence-electron chi connectivity index (χ2n) is 4.64. The van der Waals surface area contributed by atoms with Gasteiger partial charge in [-0.3, -0.25) is 14.4 Å². The van der Waals surface area contributed by atoms with Crippen molar-refractivity contribution in [1.82, 2.24) is 0 Å². The van der Waals surface area contributed by atoms with E-state index in [0.29, 0.717) is 29.8 Å². The van der Waals surface area contributed by atoms with E-state index < -0.39 is 0 Å². The van der Waals surface area contributed by atoms with Gasteiger partial charge in [0.2, 0.25) is 0 Å². The predicted octanol–water partition coefficient (Wildman–Crippen LogP) is 4.00. The molecule has 1 fully saturated rings. The highest BCUT2D eigenvalue weighted by molar-refractivity contribution is 6.13. The molecule has 0 unspecified atom stereocenters. The number of hydrogen-bond acceptors (Lipinski definition) is 3. The molecular weight excluding hydrogens is 252 g/mol. The molecule has 0 atom stereocenters. The Balaban J connectivity index is 0.000000211. The zero-order chi connectivity index (χ0) is 15.0. The number of carbonyl (C=O) groups excluding carboxylic acids is 3. The molecule has 0 spiro atoms. The molecule has 0 N–H and O–H groups in total. The van der Waals surface area contributed by atoms with Gasteiger partial charge < -0.3 is 0 Å². The first-order chi connectivity index (χ1) is 9.68. The number of hydrogen-bond donors (Lipinski definition) is 0. The SMILES string of the molecule is CC.O=C1CCC(=O)c2ccccc21.O=C1CCCC1. The van der Waals surface area contributed by atoms with Crippen molar-refractivity contribution < 1.29 is 14.4 Å². The molecule has 0 aromatic heterocycles. The molecule has 108 valence electrons. The second kappa shape index (κ2) is 8.41. The maximum Gasteiger partial charge on any atom is 0.164 e. The lowest BCUT2D eigenvalue weighted by atomic mass is 9.90. The van der Waals surface area contributed by atoms with Gasteiger partial charge >= 0.3 is 0 Å². The van der Waals surface area contributed by atoms with Gasteiger partial charge in [-0.25, -0.2) is 0 Å². The van der Waals surface area contributed by atoms with E-state index in [0.717, 1.165) is 25.7 Å². The van der Waals surface area contributed by atoms with Crippen molar-refractivity contribution in [3.8, 4) is 0 Å². The monoisotopic (exact) mass is 274 g/mol. The van der Waals surface area contributed by atoms with Crippen LogP contribution in [-0.4, -0.2) is 17.3 Å². The standard InChI is InChI=1S/C10H8O2.C5H8O.C2H6/c11-9-5-6-10(12)8-4-2-1-3-7(8)9;6-5-3-1-2-4-5;1-2/h1-4H,5-6H2;1-4H2;1-2H3. The molecule has 0 saturated heterocycles. The molecule has 0 amide bonds. The molecule has 1 aromatic rings. The summed E-state index contributed by atoms with van der Waals surface area (Å²) in [5.41, 5.74) is 1.18. The number of benzene rings is 1. The summed E-state index contributed by atoms with van der Waals surface area (Å²) in [6.07, 6.45) is 4.71. The summed E-state index contributed by atoms with van der Waals surface area (Å²) in [6.45, 7) is 4.00. The van der Waals surface area contributed by atoms with Crippen LogP contribution in [0.2, 0.25) is 0 Å². The molecule has 0 heterocycles. The van der Waals surface area contributed by atoms with Gasteiger partial charge in [-0.2, -0.15) is 0 Å². The van der Waals surface area contributed by atoms with E-state index in [2.05, 4.69) is 0 Å². The lowest BCUT2D eigenvalue weighted by Crippen LogP contribution is -2.16. The minimum Gasteiger partial charge on any atom is -0.300 e. The van der Waals surface area contributed by atoms with E-state index in [4.69, 9.17) is 0 Å². The maximum atomic E-state index is 11.3. The molecule has 2 aliphatic carbocycles. The van der Waals surface area contributed by atoms with E-state index in [1.165, 1.54) is 0 Å². The van der Waals surface area contributed by atoms with Crippen LogP contribution in [0.3, 0.4) is 0 Å². The molecule has 1 saturated carbocycles. The topological polar surface area (TPSA) is 51.2 Å². The lowest BCUT2D eigenvalue weighted by molar-refractivity contribution is -0.117. The lowest BCUT2D eigenvalue weighted by Gasteiger charge is -2.11. The van der Waals surface area contributed by atoms with Gasteiger partial charge in [-0.15, -0.1) is 0 Å². The summed E-state index contributed by atoms with van der Waals surface area (Å²) in [7, 11) is 0. The number of fused-ring (bicyclic) bond motifs is 1. The third-order valence-corrected chi connectivity index (χ3v) is 3.27. The second-order valence-corrected chi connectivity index (χ2v) is 4.64. The fourth-order valence-electron chi connectivity index (χ4n) is 2.24. The zero-order valence-corrected chi connectivity index (χ0v) is 12.3. The Bertz CT molecular complexity index is 446. The fourth-order valence-corrected chi connectivity index (χ4v) is 2.24. The molecule has 3 rings (SSSR count). The molecule has 0 radical (unpaired) electrons. The van der Waals surface area contributed by atoms with Crippen LogP contribution in [0.4, 0.5) is 0 Å². The van der Waals surface area contributed by atoms with Crippen LogP contribution in [0.15, 0.2) is 24.3 Å². The van der Waals surface area contributed by atoms with Gasteiger partial charge in [0.1, 0.15) is 5.78 Å². The van der Waals surface area contributed by atoms with Gasteiger partial charge in [0.15, 0.2) is 11.6 Å². The maximum absolute atomic E-state index is 11.3. The molecular formula is C17H22O3. The summed E-state index contributed by atoms with van der Waals surface area (Å²) in [5, 5.41) is 0. The van der Waals surface area contributed by atoms with E-state index in [1.807, 2.05) is 13.8 Å². The number of ketones is 3. The highest BCUT2D eigenvalue weighted by Gasteiger charge is 2.22.